The van der Waals surface area contributed by atoms with Gasteiger partial charge in [-0.15, -0.1) is 0 Å². The number of carbonyl (C=O) groups is 1. The lowest BCUT2D eigenvalue weighted by atomic mass is 9.87. The summed E-state index contributed by atoms with van der Waals surface area (Å²) in [6.07, 6.45) is 4.02. The van der Waals surface area contributed by atoms with Gasteiger partial charge in [-0.2, -0.15) is 4.98 Å². The SMILES string of the molecule is COc1ccc(C(C)(C)C)cc1NC(=O)Nc1ccc(Oc2ccnc(N3CCCC3)n2)c2ccccc12. The Morgan fingerprint density at radius 3 is 2.34 bits per heavy atom. The van der Waals surface area contributed by atoms with E-state index in [0.29, 0.717) is 34.7 Å². The number of urea groups is 1. The monoisotopic (exact) mass is 511 g/mol. The molecule has 2 amide bonds. The highest BCUT2D eigenvalue weighted by Crippen LogP contribution is 2.35. The predicted molar refractivity (Wildman–Crippen MR) is 152 cm³/mol. The van der Waals surface area contributed by atoms with E-state index in [9.17, 15) is 4.79 Å². The first-order valence-corrected chi connectivity index (χ1v) is 12.9. The molecule has 5 rings (SSSR count). The van der Waals surface area contributed by atoms with E-state index in [1.807, 2.05) is 54.6 Å². The molecule has 1 aromatic heterocycles. The van der Waals surface area contributed by atoms with Crippen LogP contribution in [0.25, 0.3) is 10.8 Å². The zero-order valence-electron chi connectivity index (χ0n) is 22.2. The van der Waals surface area contributed by atoms with Crippen molar-refractivity contribution in [2.75, 3.05) is 35.7 Å². The van der Waals surface area contributed by atoms with Crippen molar-refractivity contribution in [3.05, 3.63) is 72.4 Å². The average molecular weight is 512 g/mol. The smallest absolute Gasteiger partial charge is 0.323 e. The van der Waals surface area contributed by atoms with Crippen molar-refractivity contribution in [2.45, 2.75) is 39.0 Å². The Morgan fingerprint density at radius 2 is 1.61 bits per heavy atom. The molecule has 1 fully saturated rings. The molecule has 2 N–H and O–H groups in total. The van der Waals surface area contributed by atoms with Gasteiger partial charge in [0.15, 0.2) is 0 Å². The lowest BCUT2D eigenvalue weighted by molar-refractivity contribution is 0.262. The van der Waals surface area contributed by atoms with Gasteiger partial charge in [0, 0.05) is 36.1 Å². The molecular weight excluding hydrogens is 478 g/mol. The summed E-state index contributed by atoms with van der Waals surface area (Å²) in [4.78, 5) is 24.3. The summed E-state index contributed by atoms with van der Waals surface area (Å²) < 4.78 is 11.7. The van der Waals surface area contributed by atoms with Crippen LogP contribution in [-0.2, 0) is 5.41 Å². The van der Waals surface area contributed by atoms with Crippen LogP contribution in [0.15, 0.2) is 66.9 Å². The second-order valence-corrected chi connectivity index (χ2v) is 10.4. The number of anilines is 3. The number of methoxy groups -OCH3 is 1. The minimum absolute atomic E-state index is 0.0654. The summed E-state index contributed by atoms with van der Waals surface area (Å²) >= 11 is 0. The van der Waals surface area contributed by atoms with Gasteiger partial charge in [-0.1, -0.05) is 51.1 Å². The van der Waals surface area contributed by atoms with Crippen molar-refractivity contribution >= 4 is 34.1 Å². The normalized spacial score (nSPS) is 13.4. The average Bonchev–Trinajstić information content (AvgIpc) is 3.45. The second-order valence-electron chi connectivity index (χ2n) is 10.4. The summed E-state index contributed by atoms with van der Waals surface area (Å²) in [5, 5.41) is 7.64. The molecule has 4 aromatic rings. The predicted octanol–water partition coefficient (Wildman–Crippen LogP) is 6.97. The molecule has 8 heteroatoms. The summed E-state index contributed by atoms with van der Waals surface area (Å²) in [6.45, 7) is 8.30. The third-order valence-corrected chi connectivity index (χ3v) is 6.67. The van der Waals surface area contributed by atoms with Gasteiger partial charge < -0.3 is 25.0 Å². The topological polar surface area (TPSA) is 88.6 Å². The number of aromatic nitrogens is 2. The maximum Gasteiger partial charge on any atom is 0.323 e. The maximum absolute atomic E-state index is 13.1. The molecule has 2 heterocycles. The van der Waals surface area contributed by atoms with Gasteiger partial charge in [0.2, 0.25) is 11.8 Å². The van der Waals surface area contributed by atoms with E-state index in [4.69, 9.17) is 9.47 Å². The van der Waals surface area contributed by atoms with Crippen molar-refractivity contribution in [2.24, 2.45) is 0 Å². The van der Waals surface area contributed by atoms with Crippen LogP contribution >= 0.6 is 0 Å². The number of amides is 2. The molecule has 0 unspecified atom stereocenters. The second kappa shape index (κ2) is 10.6. The van der Waals surface area contributed by atoms with Gasteiger partial charge in [-0.05, 0) is 48.1 Å². The van der Waals surface area contributed by atoms with Crippen LogP contribution in [0, 0.1) is 0 Å². The molecule has 1 aliphatic rings. The van der Waals surface area contributed by atoms with Gasteiger partial charge >= 0.3 is 6.03 Å². The summed E-state index contributed by atoms with van der Waals surface area (Å²) in [7, 11) is 1.59. The molecule has 0 radical (unpaired) electrons. The molecular formula is C30H33N5O3. The first-order valence-electron chi connectivity index (χ1n) is 12.9. The molecule has 0 bridgehead atoms. The summed E-state index contributed by atoms with van der Waals surface area (Å²) in [6, 6.07) is 18.7. The van der Waals surface area contributed by atoms with Gasteiger partial charge in [0.1, 0.15) is 11.5 Å². The number of nitrogens with one attached hydrogen (secondary N) is 2. The van der Waals surface area contributed by atoms with Gasteiger partial charge in [-0.25, -0.2) is 9.78 Å². The Kier molecular flexibility index (Phi) is 7.05. The molecule has 196 valence electrons. The van der Waals surface area contributed by atoms with Crippen molar-refractivity contribution < 1.29 is 14.3 Å². The Balaban J connectivity index is 1.38. The molecule has 0 spiro atoms. The van der Waals surface area contributed by atoms with Crippen LogP contribution in [0.2, 0.25) is 0 Å². The van der Waals surface area contributed by atoms with Gasteiger partial charge in [0.05, 0.1) is 18.5 Å². The van der Waals surface area contributed by atoms with E-state index in [0.717, 1.165) is 42.3 Å². The highest BCUT2D eigenvalue weighted by molar-refractivity contribution is 6.08. The van der Waals surface area contributed by atoms with E-state index in [1.54, 1.807) is 19.4 Å². The van der Waals surface area contributed by atoms with Crippen LogP contribution in [0.1, 0.15) is 39.2 Å². The third-order valence-electron chi connectivity index (χ3n) is 6.67. The Hall–Kier alpha value is -4.33. The Bertz CT molecular complexity index is 1460. The van der Waals surface area contributed by atoms with Gasteiger partial charge in [0.25, 0.3) is 0 Å². The quantitative estimate of drug-likeness (QED) is 0.291. The van der Waals surface area contributed by atoms with Crippen LogP contribution in [0.4, 0.5) is 22.1 Å². The lowest BCUT2D eigenvalue weighted by Gasteiger charge is -2.21. The van der Waals surface area contributed by atoms with Crippen LogP contribution in [-0.4, -0.2) is 36.2 Å². The number of ether oxygens (including phenoxy) is 2. The van der Waals surface area contributed by atoms with E-state index >= 15 is 0 Å². The minimum Gasteiger partial charge on any atom is -0.495 e. The number of hydrogen-bond donors (Lipinski definition) is 2. The largest absolute Gasteiger partial charge is 0.495 e. The van der Waals surface area contributed by atoms with Crippen molar-refractivity contribution in [1.82, 2.24) is 9.97 Å². The zero-order chi connectivity index (χ0) is 26.7. The van der Waals surface area contributed by atoms with Crippen LogP contribution in [0.3, 0.4) is 0 Å². The van der Waals surface area contributed by atoms with Crippen LogP contribution < -0.4 is 25.0 Å². The van der Waals surface area contributed by atoms with E-state index < -0.39 is 0 Å². The summed E-state index contributed by atoms with van der Waals surface area (Å²) in [5.74, 6) is 2.42. The third kappa shape index (κ3) is 5.49. The molecule has 8 nitrogen and oxygen atoms in total. The summed E-state index contributed by atoms with van der Waals surface area (Å²) in [5.41, 5.74) is 2.30. The Morgan fingerprint density at radius 1 is 0.895 bits per heavy atom. The fourth-order valence-electron chi connectivity index (χ4n) is 4.59. The van der Waals surface area contributed by atoms with E-state index in [2.05, 4.69) is 46.3 Å². The van der Waals surface area contributed by atoms with Crippen molar-refractivity contribution in [3.8, 4) is 17.4 Å². The fraction of sp³-hybridized carbons (Fsp3) is 0.300. The lowest BCUT2D eigenvalue weighted by Crippen LogP contribution is -2.21. The van der Waals surface area contributed by atoms with E-state index in [1.165, 1.54) is 0 Å². The fourth-order valence-corrected chi connectivity index (χ4v) is 4.59. The number of benzene rings is 3. The molecule has 0 saturated carbocycles. The maximum atomic E-state index is 13.1. The molecule has 1 saturated heterocycles. The number of hydrogen-bond acceptors (Lipinski definition) is 6. The first-order chi connectivity index (χ1) is 18.3. The number of rotatable bonds is 6. The van der Waals surface area contributed by atoms with Crippen molar-refractivity contribution in [1.29, 1.82) is 0 Å². The first kappa shape index (κ1) is 25.3. The zero-order valence-corrected chi connectivity index (χ0v) is 22.2. The van der Waals surface area contributed by atoms with E-state index in [-0.39, 0.29) is 11.4 Å². The molecule has 38 heavy (non-hydrogen) atoms. The minimum atomic E-state index is -0.362. The molecule has 3 aromatic carbocycles. The highest BCUT2D eigenvalue weighted by atomic mass is 16.5. The number of nitrogens with zero attached hydrogens (tertiary/aromatic N) is 3. The molecule has 0 atom stereocenters. The van der Waals surface area contributed by atoms with Crippen LogP contribution in [0.5, 0.6) is 17.4 Å². The van der Waals surface area contributed by atoms with Gasteiger partial charge in [-0.3, -0.25) is 0 Å². The number of fused-ring (bicyclic) bond motifs is 1. The number of carbonyl (C=O) groups excluding carboxylic acids is 1. The van der Waals surface area contributed by atoms with Crippen molar-refractivity contribution in [3.63, 3.8) is 0 Å². The standard InChI is InChI=1S/C30H33N5O3/c1-30(2,3)20-11-13-26(37-4)24(19-20)33-29(36)32-23-12-14-25(22-10-6-5-9-21(22)23)38-27-15-16-31-28(34-27)35-17-7-8-18-35/h5-6,9-16,19H,7-8,17-18H2,1-4H3,(H2,32,33,36). The molecule has 1 aliphatic heterocycles. The Labute approximate surface area is 223 Å². The highest BCUT2D eigenvalue weighted by Gasteiger charge is 2.19. The molecule has 0 aliphatic carbocycles.